The molecule has 12 heteroatoms. The first-order valence-electron chi connectivity index (χ1n) is 12.7. The van der Waals surface area contributed by atoms with Gasteiger partial charge in [-0.1, -0.05) is 39.8 Å². The van der Waals surface area contributed by atoms with Gasteiger partial charge >= 0.3 is 5.97 Å². The zero-order valence-electron chi connectivity index (χ0n) is 23.3. The third kappa shape index (κ3) is 11.1. The van der Waals surface area contributed by atoms with E-state index < -0.39 is 53.8 Å². The molecule has 38 heavy (non-hydrogen) atoms. The zero-order valence-corrected chi connectivity index (χ0v) is 24.9. The summed E-state index contributed by atoms with van der Waals surface area (Å²) in [6.07, 6.45) is 8.32. The number of allylic oxidation sites excluding steroid dienone is 2. The molecule has 1 saturated heterocycles. The lowest BCUT2D eigenvalue weighted by atomic mass is 10.0. The van der Waals surface area contributed by atoms with Crippen LogP contribution in [0.15, 0.2) is 23.9 Å². The van der Waals surface area contributed by atoms with Crippen LogP contribution in [-0.2, 0) is 28.7 Å². The van der Waals surface area contributed by atoms with Gasteiger partial charge in [-0.05, 0) is 49.5 Å². The molecule has 4 N–H and O–H groups in total. The first kappa shape index (κ1) is 33.6. The van der Waals surface area contributed by atoms with Gasteiger partial charge in [0, 0.05) is 5.75 Å². The van der Waals surface area contributed by atoms with Crippen molar-refractivity contribution in [2.24, 2.45) is 11.8 Å². The molecule has 0 saturated carbocycles. The largest absolute Gasteiger partial charge is 0.456 e. The summed E-state index contributed by atoms with van der Waals surface area (Å²) in [7, 11) is 0. The van der Waals surface area contributed by atoms with Crippen LogP contribution < -0.4 is 21.3 Å². The van der Waals surface area contributed by atoms with Gasteiger partial charge in [-0.15, -0.1) is 0 Å². The summed E-state index contributed by atoms with van der Waals surface area (Å²) in [6, 6.07) is -2.89. The van der Waals surface area contributed by atoms with E-state index in [2.05, 4.69) is 21.3 Å². The van der Waals surface area contributed by atoms with E-state index in [0.717, 1.165) is 12.2 Å². The van der Waals surface area contributed by atoms with Crippen LogP contribution in [0.1, 0.15) is 47.5 Å². The van der Waals surface area contributed by atoms with E-state index in [1.165, 1.54) is 17.8 Å². The predicted molar refractivity (Wildman–Crippen MR) is 152 cm³/mol. The molecule has 0 radical (unpaired) electrons. The van der Waals surface area contributed by atoms with Gasteiger partial charge in [-0.25, -0.2) is 4.79 Å². The third-order valence-corrected chi connectivity index (χ3v) is 7.03. The van der Waals surface area contributed by atoms with E-state index in [1.54, 1.807) is 58.7 Å². The van der Waals surface area contributed by atoms with E-state index in [9.17, 15) is 24.0 Å². The fourth-order valence-corrected chi connectivity index (χ4v) is 4.50. The summed E-state index contributed by atoms with van der Waals surface area (Å²) in [5, 5.41) is 10.6. The summed E-state index contributed by atoms with van der Waals surface area (Å²) in [5.74, 6) is -2.46. The lowest BCUT2D eigenvalue weighted by Crippen LogP contribution is -2.57. The minimum atomic E-state index is -1.02. The zero-order chi connectivity index (χ0) is 28.8. The van der Waals surface area contributed by atoms with Crippen molar-refractivity contribution in [2.75, 3.05) is 24.0 Å². The Bertz CT molecular complexity index is 906. The maximum absolute atomic E-state index is 13.1. The molecule has 1 rings (SSSR count). The molecule has 0 aliphatic carbocycles. The highest BCUT2D eigenvalue weighted by Gasteiger charge is 2.33. The number of carbonyl (C=O) groups excluding carboxylic acids is 5. The molecule has 0 aromatic rings. The van der Waals surface area contributed by atoms with Gasteiger partial charge in [0.05, 0.1) is 6.42 Å². The highest BCUT2D eigenvalue weighted by molar-refractivity contribution is 7.98. The average Bonchev–Trinajstić information content (AvgIpc) is 2.85. The number of ether oxygens (including phenoxy) is 1. The van der Waals surface area contributed by atoms with Crippen LogP contribution in [0.4, 0.5) is 0 Å². The molecule has 10 nitrogen and oxygen atoms in total. The molecule has 0 bridgehead atoms. The monoisotopic (exact) mass is 570 g/mol. The van der Waals surface area contributed by atoms with E-state index in [4.69, 9.17) is 4.74 Å². The molecule has 0 aromatic heterocycles. The average molecular weight is 571 g/mol. The topological polar surface area (TPSA) is 143 Å². The van der Waals surface area contributed by atoms with Gasteiger partial charge in [-0.3, -0.25) is 19.2 Å². The van der Waals surface area contributed by atoms with Gasteiger partial charge < -0.3 is 26.0 Å². The molecular formula is C26H42N4O6S2. The summed E-state index contributed by atoms with van der Waals surface area (Å²) >= 11 is 3.01. The van der Waals surface area contributed by atoms with Crippen molar-refractivity contribution in [1.29, 1.82) is 0 Å². The standard InChI is InChI=1S/C26H42N4O6S2/c1-8-18-23(32)30-22(16(4)5)26(35)36-17(11-9-10-12-37-6)13-20(31)29-21(15(2)3)25(34)28-19(14-38-7)24(33)27-18/h8-9,11,15-17,19,21-22H,10,12-14H2,1-7H3,(H,27,33)(H,28,34)(H,29,31)(H,30,32)/b11-9+,18-8-/t17-,19-,21-,22+/m1/s1. The Balaban J connectivity index is 3.45. The second kappa shape index (κ2) is 17.2. The Morgan fingerprint density at radius 1 is 0.921 bits per heavy atom. The smallest absolute Gasteiger partial charge is 0.329 e. The van der Waals surface area contributed by atoms with Crippen molar-refractivity contribution in [3.8, 4) is 0 Å². The Kier molecular flexibility index (Phi) is 15.2. The summed E-state index contributed by atoms with van der Waals surface area (Å²) in [5.41, 5.74) is -0.0527. The van der Waals surface area contributed by atoms with Gasteiger partial charge in [0.1, 0.15) is 29.9 Å². The van der Waals surface area contributed by atoms with Crippen LogP contribution in [0.5, 0.6) is 0 Å². The van der Waals surface area contributed by atoms with Crippen molar-refractivity contribution >= 4 is 53.1 Å². The second-order valence-corrected chi connectivity index (χ2v) is 11.5. The van der Waals surface area contributed by atoms with Gasteiger partial charge in [0.25, 0.3) is 5.91 Å². The van der Waals surface area contributed by atoms with Gasteiger partial charge in [-0.2, -0.15) is 23.5 Å². The first-order chi connectivity index (χ1) is 17.9. The molecule has 214 valence electrons. The van der Waals surface area contributed by atoms with E-state index in [1.807, 2.05) is 12.3 Å². The van der Waals surface area contributed by atoms with Crippen LogP contribution in [0, 0.1) is 11.8 Å². The molecule has 0 unspecified atom stereocenters. The minimum absolute atomic E-state index is 0.0527. The third-order valence-electron chi connectivity index (χ3n) is 5.72. The van der Waals surface area contributed by atoms with E-state index in [0.29, 0.717) is 0 Å². The summed E-state index contributed by atoms with van der Waals surface area (Å²) in [6.45, 7) is 8.65. The minimum Gasteiger partial charge on any atom is -0.456 e. The lowest BCUT2D eigenvalue weighted by Gasteiger charge is -2.27. The van der Waals surface area contributed by atoms with E-state index in [-0.39, 0.29) is 29.7 Å². The number of carbonyl (C=O) groups is 5. The fraction of sp³-hybridized carbons (Fsp3) is 0.654. The van der Waals surface area contributed by atoms with Crippen LogP contribution in [0.2, 0.25) is 0 Å². The SMILES string of the molecule is C/C=C1\NC(=O)[C@@H](CSC)NC(=O)[C@@H](C(C)C)NC(=O)C[C@@H](/C=C/CCSC)OC(=O)[C@H](C(C)C)NC1=O. The van der Waals surface area contributed by atoms with E-state index >= 15 is 0 Å². The molecule has 4 amide bonds. The number of esters is 1. The number of hydrogen-bond donors (Lipinski definition) is 4. The maximum atomic E-state index is 13.1. The van der Waals surface area contributed by atoms with Crippen molar-refractivity contribution in [3.63, 3.8) is 0 Å². The molecule has 0 spiro atoms. The molecule has 4 atom stereocenters. The van der Waals surface area contributed by atoms with Crippen LogP contribution in [0.3, 0.4) is 0 Å². The number of nitrogens with one attached hydrogen (secondary N) is 4. The number of cyclic esters (lactones) is 1. The van der Waals surface area contributed by atoms with Crippen LogP contribution in [0.25, 0.3) is 0 Å². The normalized spacial score (nSPS) is 25.8. The molecule has 1 aliphatic rings. The van der Waals surface area contributed by atoms with Gasteiger partial charge in [0.15, 0.2) is 0 Å². The molecule has 1 heterocycles. The lowest BCUT2D eigenvalue weighted by molar-refractivity contribution is -0.153. The quantitative estimate of drug-likeness (QED) is 0.150. The number of rotatable bonds is 8. The summed E-state index contributed by atoms with van der Waals surface area (Å²) < 4.78 is 5.67. The number of amides is 4. The maximum Gasteiger partial charge on any atom is 0.329 e. The van der Waals surface area contributed by atoms with Crippen molar-refractivity contribution in [2.45, 2.75) is 71.7 Å². The van der Waals surface area contributed by atoms with Crippen LogP contribution >= 0.6 is 23.5 Å². The number of hydrogen-bond acceptors (Lipinski definition) is 8. The molecule has 1 fully saturated rings. The molecule has 0 aromatic carbocycles. The van der Waals surface area contributed by atoms with Gasteiger partial charge in [0.2, 0.25) is 17.7 Å². The van der Waals surface area contributed by atoms with Crippen LogP contribution in [-0.4, -0.2) is 77.8 Å². The fourth-order valence-electron chi connectivity index (χ4n) is 3.56. The first-order valence-corrected chi connectivity index (χ1v) is 15.5. The van der Waals surface area contributed by atoms with Crippen molar-refractivity contribution in [3.05, 3.63) is 23.9 Å². The molecule has 1 aliphatic heterocycles. The predicted octanol–water partition coefficient (Wildman–Crippen LogP) is 1.76. The Morgan fingerprint density at radius 2 is 1.58 bits per heavy atom. The molecular weight excluding hydrogens is 528 g/mol. The second-order valence-electron chi connectivity index (χ2n) is 9.58. The Hall–Kier alpha value is -2.47. The highest BCUT2D eigenvalue weighted by Crippen LogP contribution is 2.13. The highest BCUT2D eigenvalue weighted by atomic mass is 32.2. The summed E-state index contributed by atoms with van der Waals surface area (Å²) in [4.78, 5) is 65.3. The Morgan fingerprint density at radius 3 is 2.13 bits per heavy atom. The number of thioether (sulfide) groups is 2. The van der Waals surface area contributed by atoms with Crippen molar-refractivity contribution in [1.82, 2.24) is 21.3 Å². The Labute approximate surface area is 234 Å². The van der Waals surface area contributed by atoms with Crippen molar-refractivity contribution < 1.29 is 28.7 Å².